The van der Waals surface area contributed by atoms with E-state index in [4.69, 9.17) is 0 Å². The lowest BCUT2D eigenvalue weighted by atomic mass is 10.1. The summed E-state index contributed by atoms with van der Waals surface area (Å²) < 4.78 is 0. The van der Waals surface area contributed by atoms with Gasteiger partial charge in [-0.25, -0.2) is 0 Å². The maximum Gasteiger partial charge on any atom is 0.254 e. The van der Waals surface area contributed by atoms with Gasteiger partial charge in [-0.3, -0.25) is 9.69 Å². The SMILES string of the molecule is C=C/C=C\C1=C(C=C)CN(C[C@H](O)CN2CC(=C)/C=C\C=C/C(=C)C2)C1=O. The molecule has 1 atom stereocenters. The summed E-state index contributed by atoms with van der Waals surface area (Å²) in [6, 6.07) is 0. The van der Waals surface area contributed by atoms with Crippen LogP contribution >= 0.6 is 0 Å². The van der Waals surface area contributed by atoms with Gasteiger partial charge in [0.25, 0.3) is 5.91 Å². The van der Waals surface area contributed by atoms with E-state index in [1.54, 1.807) is 29.2 Å². The molecule has 0 bridgehead atoms. The number of carbonyl (C=O) groups is 1. The van der Waals surface area contributed by atoms with Crippen LogP contribution in [0, 0.1) is 0 Å². The van der Waals surface area contributed by atoms with Crippen LogP contribution in [-0.4, -0.2) is 59.6 Å². The normalized spacial score (nSPS) is 22.6. The minimum absolute atomic E-state index is 0.0915. The first-order chi connectivity index (χ1) is 12.9. The molecule has 2 aliphatic rings. The molecule has 0 aromatic carbocycles. The number of amides is 1. The molecule has 0 spiro atoms. The van der Waals surface area contributed by atoms with Crippen molar-refractivity contribution in [3.8, 4) is 0 Å². The summed E-state index contributed by atoms with van der Waals surface area (Å²) >= 11 is 0. The van der Waals surface area contributed by atoms with E-state index in [2.05, 4.69) is 31.2 Å². The molecule has 1 amide bonds. The molecule has 2 aliphatic heterocycles. The van der Waals surface area contributed by atoms with Gasteiger partial charge < -0.3 is 10.0 Å². The van der Waals surface area contributed by atoms with E-state index in [0.29, 0.717) is 31.8 Å². The summed E-state index contributed by atoms with van der Waals surface area (Å²) in [6.07, 6.45) is 13.9. The van der Waals surface area contributed by atoms with Gasteiger partial charge >= 0.3 is 0 Å². The lowest BCUT2D eigenvalue weighted by molar-refractivity contribution is -0.126. The predicted molar refractivity (Wildman–Crippen MR) is 112 cm³/mol. The topological polar surface area (TPSA) is 43.8 Å². The van der Waals surface area contributed by atoms with Gasteiger partial charge in [-0.05, 0) is 22.8 Å². The van der Waals surface area contributed by atoms with Crippen LogP contribution < -0.4 is 0 Å². The minimum Gasteiger partial charge on any atom is -0.390 e. The molecule has 2 rings (SSSR count). The standard InChI is InChI=1S/C23H28N2O2/c1-5-7-12-22-20(6-2)15-25(23(22)27)17-21(26)16-24-13-18(3)10-8-9-11-19(4)14-24/h5-12,21,26H,1-4,13-17H2/b10-8-,11-9-,12-7-/t21-/m1/s1. The first kappa shape index (κ1) is 20.6. The van der Waals surface area contributed by atoms with Crippen molar-refractivity contribution in [1.82, 2.24) is 9.80 Å². The Bertz CT molecular complexity index is 726. The fourth-order valence-electron chi connectivity index (χ4n) is 3.19. The molecule has 4 heteroatoms. The van der Waals surface area contributed by atoms with Gasteiger partial charge in [0, 0.05) is 38.3 Å². The highest BCUT2D eigenvalue weighted by molar-refractivity contribution is 6.00. The summed E-state index contributed by atoms with van der Waals surface area (Å²) in [5.41, 5.74) is 3.40. The monoisotopic (exact) mass is 364 g/mol. The Morgan fingerprint density at radius 2 is 1.70 bits per heavy atom. The number of rotatable bonds is 7. The minimum atomic E-state index is -0.669. The van der Waals surface area contributed by atoms with Gasteiger partial charge in [-0.1, -0.05) is 68.8 Å². The van der Waals surface area contributed by atoms with Crippen molar-refractivity contribution >= 4 is 5.91 Å². The number of β-amino-alcohol motifs (C(OH)–C–C–N with tert-alkyl or cyclic N) is 1. The van der Waals surface area contributed by atoms with E-state index in [-0.39, 0.29) is 12.5 Å². The smallest absolute Gasteiger partial charge is 0.254 e. The average Bonchev–Trinajstić information content (AvgIpc) is 2.94. The fourth-order valence-corrected chi connectivity index (χ4v) is 3.19. The van der Waals surface area contributed by atoms with E-state index < -0.39 is 6.10 Å². The Kier molecular flexibility index (Phi) is 7.53. The zero-order valence-electron chi connectivity index (χ0n) is 15.8. The van der Waals surface area contributed by atoms with E-state index in [1.165, 1.54) is 0 Å². The van der Waals surface area contributed by atoms with Gasteiger partial charge in [-0.15, -0.1) is 0 Å². The Morgan fingerprint density at radius 3 is 2.26 bits per heavy atom. The van der Waals surface area contributed by atoms with Crippen LogP contribution in [0.4, 0.5) is 0 Å². The first-order valence-electron chi connectivity index (χ1n) is 8.99. The molecule has 142 valence electrons. The number of carbonyl (C=O) groups excluding carboxylic acids is 1. The average molecular weight is 364 g/mol. The lowest BCUT2D eigenvalue weighted by Crippen LogP contribution is -2.42. The second-order valence-electron chi connectivity index (χ2n) is 6.78. The van der Waals surface area contributed by atoms with Crippen LogP contribution in [0.1, 0.15) is 0 Å². The zero-order valence-corrected chi connectivity index (χ0v) is 15.8. The van der Waals surface area contributed by atoms with Crippen LogP contribution in [0.5, 0.6) is 0 Å². The van der Waals surface area contributed by atoms with Gasteiger partial charge in [0.1, 0.15) is 0 Å². The second-order valence-corrected chi connectivity index (χ2v) is 6.78. The molecule has 1 N–H and O–H groups in total. The molecular weight excluding hydrogens is 336 g/mol. The second kappa shape index (κ2) is 9.86. The third-order valence-corrected chi connectivity index (χ3v) is 4.40. The van der Waals surface area contributed by atoms with E-state index in [9.17, 15) is 9.90 Å². The Morgan fingerprint density at radius 1 is 1.07 bits per heavy atom. The zero-order chi connectivity index (χ0) is 19.8. The van der Waals surface area contributed by atoms with E-state index in [1.807, 2.05) is 24.3 Å². The van der Waals surface area contributed by atoms with E-state index in [0.717, 1.165) is 16.7 Å². The number of aliphatic hydroxyl groups excluding tert-OH is 1. The summed E-state index contributed by atoms with van der Waals surface area (Å²) in [7, 11) is 0. The van der Waals surface area contributed by atoms with Crippen LogP contribution in [0.15, 0.2) is 97.2 Å². The van der Waals surface area contributed by atoms with Gasteiger partial charge in [0.05, 0.1) is 6.10 Å². The molecule has 4 nitrogen and oxygen atoms in total. The van der Waals surface area contributed by atoms with Gasteiger partial charge in [0.2, 0.25) is 0 Å². The Balaban J connectivity index is 1.99. The Labute approximate surface area is 162 Å². The van der Waals surface area contributed by atoms with Crippen LogP contribution in [0.25, 0.3) is 0 Å². The quantitative estimate of drug-likeness (QED) is 0.707. The van der Waals surface area contributed by atoms with Crippen molar-refractivity contribution in [3.63, 3.8) is 0 Å². The number of nitrogens with zero attached hydrogens (tertiary/aromatic N) is 2. The molecular formula is C23H28N2O2. The van der Waals surface area contributed by atoms with Crippen molar-refractivity contribution in [3.05, 3.63) is 97.2 Å². The molecule has 0 saturated carbocycles. The summed E-state index contributed by atoms with van der Waals surface area (Å²) in [5, 5.41) is 10.6. The molecule has 0 aromatic rings. The van der Waals surface area contributed by atoms with Crippen molar-refractivity contribution < 1.29 is 9.90 Å². The number of hydrogen-bond acceptors (Lipinski definition) is 3. The van der Waals surface area contributed by atoms with Crippen molar-refractivity contribution in [2.75, 3.05) is 32.7 Å². The van der Waals surface area contributed by atoms with Crippen molar-refractivity contribution in [1.29, 1.82) is 0 Å². The molecule has 0 fully saturated rings. The molecule has 0 saturated heterocycles. The molecule has 0 aliphatic carbocycles. The highest BCUT2D eigenvalue weighted by Gasteiger charge is 2.29. The first-order valence-corrected chi connectivity index (χ1v) is 8.99. The number of allylic oxidation sites excluding steroid dienone is 4. The molecule has 0 unspecified atom stereocenters. The third kappa shape index (κ3) is 5.91. The van der Waals surface area contributed by atoms with Gasteiger partial charge in [-0.2, -0.15) is 0 Å². The van der Waals surface area contributed by atoms with Crippen LogP contribution in [0.2, 0.25) is 0 Å². The van der Waals surface area contributed by atoms with E-state index >= 15 is 0 Å². The highest BCUT2D eigenvalue weighted by atomic mass is 16.3. The summed E-state index contributed by atoms with van der Waals surface area (Å²) in [5.74, 6) is -0.0915. The lowest BCUT2D eigenvalue weighted by Gasteiger charge is -2.28. The van der Waals surface area contributed by atoms with Crippen LogP contribution in [0.3, 0.4) is 0 Å². The number of hydrogen-bond donors (Lipinski definition) is 1. The largest absolute Gasteiger partial charge is 0.390 e. The highest BCUT2D eigenvalue weighted by Crippen LogP contribution is 2.21. The van der Waals surface area contributed by atoms with Crippen LogP contribution in [-0.2, 0) is 4.79 Å². The van der Waals surface area contributed by atoms with Crippen molar-refractivity contribution in [2.45, 2.75) is 6.10 Å². The fraction of sp³-hybridized carbons (Fsp3) is 0.261. The molecule has 0 aromatic heterocycles. The Hall–Kier alpha value is -2.69. The molecule has 0 radical (unpaired) electrons. The summed E-state index contributed by atoms with van der Waals surface area (Å²) in [6.45, 7) is 18.0. The number of aliphatic hydroxyl groups is 1. The predicted octanol–water partition coefficient (Wildman–Crippen LogP) is 2.95. The maximum atomic E-state index is 12.6. The maximum absolute atomic E-state index is 12.6. The summed E-state index contributed by atoms with van der Waals surface area (Å²) in [4.78, 5) is 16.4. The molecule has 2 heterocycles. The molecule has 27 heavy (non-hydrogen) atoms. The van der Waals surface area contributed by atoms with Crippen molar-refractivity contribution in [2.24, 2.45) is 0 Å². The van der Waals surface area contributed by atoms with Gasteiger partial charge in [0.15, 0.2) is 0 Å². The third-order valence-electron chi connectivity index (χ3n) is 4.40.